The first-order valence-corrected chi connectivity index (χ1v) is 13.0. The zero-order valence-corrected chi connectivity index (χ0v) is 19.7. The fraction of sp³-hybridized carbons (Fsp3) is 0.389. The molecule has 1 aromatic heterocycles. The van der Waals surface area contributed by atoms with Crippen LogP contribution in [0.25, 0.3) is 0 Å². The van der Waals surface area contributed by atoms with Gasteiger partial charge in [-0.15, -0.1) is 11.8 Å². The molecular weight excluding hydrogens is 467 g/mol. The molecule has 2 rings (SSSR count). The first-order chi connectivity index (χ1) is 14.4. The molecule has 0 spiro atoms. The lowest BCUT2D eigenvalue weighted by Gasteiger charge is -2.13. The Labute approximate surface area is 187 Å². The van der Waals surface area contributed by atoms with Gasteiger partial charge >= 0.3 is 11.8 Å². The average Bonchev–Trinajstić information content (AvgIpc) is 3.09. The highest BCUT2D eigenvalue weighted by Crippen LogP contribution is 2.35. The molecular formula is C18H23FN4O5S3. The molecule has 0 bridgehead atoms. The first kappa shape index (κ1) is 25.0. The van der Waals surface area contributed by atoms with Crippen LogP contribution in [-0.2, 0) is 19.4 Å². The number of nitrogens with two attached hydrogens (primary N) is 1. The maximum absolute atomic E-state index is 13.5. The summed E-state index contributed by atoms with van der Waals surface area (Å²) in [5.41, 5.74) is 5.97. The highest BCUT2D eigenvalue weighted by Gasteiger charge is 2.26. The number of rotatable bonds is 8. The third-order valence-corrected chi connectivity index (χ3v) is 6.98. The van der Waals surface area contributed by atoms with Crippen molar-refractivity contribution < 1.29 is 27.1 Å². The van der Waals surface area contributed by atoms with Crippen LogP contribution in [0.15, 0.2) is 22.4 Å². The van der Waals surface area contributed by atoms with Crippen molar-refractivity contribution in [2.45, 2.75) is 23.4 Å². The summed E-state index contributed by atoms with van der Waals surface area (Å²) in [5.74, 6) is -2.37. The molecule has 1 heterocycles. The topological polar surface area (TPSA) is 140 Å². The molecule has 31 heavy (non-hydrogen) atoms. The van der Waals surface area contributed by atoms with Crippen LogP contribution in [0, 0.1) is 11.7 Å². The molecule has 2 amide bonds. The maximum Gasteiger partial charge on any atom is 0.315 e. The number of benzene rings is 1. The van der Waals surface area contributed by atoms with Gasteiger partial charge in [-0.05, 0) is 24.3 Å². The molecule has 9 nitrogen and oxygen atoms in total. The third kappa shape index (κ3) is 6.89. The quantitative estimate of drug-likeness (QED) is 0.379. The van der Waals surface area contributed by atoms with Crippen LogP contribution in [0.2, 0.25) is 0 Å². The third-order valence-electron chi connectivity index (χ3n) is 3.73. The van der Waals surface area contributed by atoms with Crippen LogP contribution < -0.4 is 21.1 Å². The Kier molecular flexibility index (Phi) is 8.40. The Morgan fingerprint density at radius 3 is 2.52 bits per heavy atom. The number of aromatic nitrogens is 1. The predicted molar refractivity (Wildman–Crippen MR) is 120 cm³/mol. The van der Waals surface area contributed by atoms with Crippen LogP contribution in [0.3, 0.4) is 0 Å². The van der Waals surface area contributed by atoms with Gasteiger partial charge in [0, 0.05) is 12.3 Å². The number of ether oxygens (including phenoxy) is 1. The van der Waals surface area contributed by atoms with Crippen LogP contribution in [0.5, 0.6) is 5.75 Å². The number of anilines is 2. The number of carbonyl (C=O) groups excluding carboxylic acids is 2. The summed E-state index contributed by atoms with van der Waals surface area (Å²) in [5, 5.41) is 3.36. The highest BCUT2D eigenvalue weighted by molar-refractivity contribution is 8.00. The second kappa shape index (κ2) is 10.4. The smallest absolute Gasteiger partial charge is 0.315 e. The zero-order chi connectivity index (χ0) is 23.3. The first-order valence-electron chi connectivity index (χ1n) is 8.96. The Balaban J connectivity index is 2.15. The van der Waals surface area contributed by atoms with E-state index in [1.807, 2.05) is 13.8 Å². The summed E-state index contributed by atoms with van der Waals surface area (Å²) in [6.45, 7) is 4.11. The van der Waals surface area contributed by atoms with E-state index >= 15 is 0 Å². The molecule has 2 aromatic rings. The second-order valence-electron chi connectivity index (χ2n) is 6.90. The van der Waals surface area contributed by atoms with E-state index in [-0.39, 0.29) is 28.2 Å². The lowest BCUT2D eigenvalue weighted by atomic mass is 10.2. The average molecular weight is 491 g/mol. The van der Waals surface area contributed by atoms with Gasteiger partial charge in [-0.2, -0.15) is 0 Å². The molecule has 0 aliphatic carbocycles. The Bertz CT molecular complexity index is 1070. The monoisotopic (exact) mass is 490 g/mol. The van der Waals surface area contributed by atoms with Crippen molar-refractivity contribution in [2.24, 2.45) is 11.7 Å². The fourth-order valence-corrected chi connectivity index (χ4v) is 4.63. The van der Waals surface area contributed by atoms with Gasteiger partial charge in [0.2, 0.25) is 0 Å². The molecule has 0 radical (unpaired) electrons. The molecule has 4 N–H and O–H groups in total. The Morgan fingerprint density at radius 1 is 1.29 bits per heavy atom. The molecule has 0 saturated heterocycles. The van der Waals surface area contributed by atoms with Gasteiger partial charge in [-0.3, -0.25) is 14.9 Å². The number of amides is 2. The van der Waals surface area contributed by atoms with Gasteiger partial charge in [-0.25, -0.2) is 17.8 Å². The van der Waals surface area contributed by atoms with Gasteiger partial charge in [0.1, 0.15) is 11.6 Å². The van der Waals surface area contributed by atoms with Crippen LogP contribution in [0.1, 0.15) is 24.9 Å². The van der Waals surface area contributed by atoms with Crippen molar-refractivity contribution >= 4 is 55.6 Å². The second-order valence-corrected chi connectivity index (χ2v) is 11.1. The number of thioether (sulfide) groups is 1. The van der Waals surface area contributed by atoms with Crippen molar-refractivity contribution in [2.75, 3.05) is 29.8 Å². The molecule has 0 saturated carbocycles. The van der Waals surface area contributed by atoms with Gasteiger partial charge < -0.3 is 15.8 Å². The number of nitrogens with zero attached hydrogens (tertiary/aromatic N) is 1. The summed E-state index contributed by atoms with van der Waals surface area (Å²) in [6.07, 6.45) is 2.69. The highest BCUT2D eigenvalue weighted by atomic mass is 32.2. The predicted octanol–water partition coefficient (Wildman–Crippen LogP) is 2.62. The molecule has 1 aromatic carbocycles. The minimum atomic E-state index is -3.61. The Hall–Kier alpha value is -2.22. The summed E-state index contributed by atoms with van der Waals surface area (Å²) in [6, 6.07) is 3.52. The zero-order valence-electron chi connectivity index (χ0n) is 17.3. The number of hydrogen-bond donors (Lipinski definition) is 3. The van der Waals surface area contributed by atoms with Crippen LogP contribution in [0.4, 0.5) is 15.2 Å². The van der Waals surface area contributed by atoms with E-state index in [1.54, 1.807) is 6.26 Å². The number of nitrogens with one attached hydrogen (secondary N) is 2. The number of thiazole rings is 1. The standard InChI is InChI=1S/C18H23FN4O5S3/c1-9(2)8-28-12-7-10(19)5-6-11(12)21-15(24)16(25)23-18-22-13(17(29-3)30-18)14(20)31(4,26)27/h5-7,9,14H,8,20H2,1-4H3,(H,21,24)(H,22,23,25). The number of halogens is 1. The van der Waals surface area contributed by atoms with Crippen molar-refractivity contribution in [1.29, 1.82) is 0 Å². The van der Waals surface area contributed by atoms with E-state index in [9.17, 15) is 22.4 Å². The minimum absolute atomic E-state index is 0.0222. The van der Waals surface area contributed by atoms with Crippen LogP contribution in [-0.4, -0.2) is 44.3 Å². The fourth-order valence-electron chi connectivity index (χ4n) is 2.21. The van der Waals surface area contributed by atoms with Crippen molar-refractivity contribution in [3.8, 4) is 5.75 Å². The number of carbonyl (C=O) groups is 2. The lowest BCUT2D eigenvalue weighted by molar-refractivity contribution is -0.133. The normalized spacial score (nSPS) is 12.5. The van der Waals surface area contributed by atoms with E-state index in [0.29, 0.717) is 10.8 Å². The van der Waals surface area contributed by atoms with Gasteiger partial charge in [0.25, 0.3) is 0 Å². The van der Waals surface area contributed by atoms with E-state index in [1.165, 1.54) is 17.8 Å². The molecule has 13 heteroatoms. The van der Waals surface area contributed by atoms with E-state index in [2.05, 4.69) is 15.6 Å². The molecule has 0 aliphatic rings. The maximum atomic E-state index is 13.5. The van der Waals surface area contributed by atoms with E-state index in [0.717, 1.165) is 29.7 Å². The lowest BCUT2D eigenvalue weighted by Crippen LogP contribution is -2.29. The minimum Gasteiger partial charge on any atom is -0.491 e. The number of hydrogen-bond acceptors (Lipinski definition) is 9. The van der Waals surface area contributed by atoms with E-state index < -0.39 is 32.8 Å². The van der Waals surface area contributed by atoms with E-state index in [4.69, 9.17) is 10.5 Å². The van der Waals surface area contributed by atoms with Crippen molar-refractivity contribution in [3.05, 3.63) is 29.7 Å². The molecule has 170 valence electrons. The van der Waals surface area contributed by atoms with Gasteiger partial charge in [0.15, 0.2) is 20.3 Å². The van der Waals surface area contributed by atoms with Crippen molar-refractivity contribution in [1.82, 2.24) is 4.98 Å². The summed E-state index contributed by atoms with van der Waals surface area (Å²) < 4.78 is 43.0. The van der Waals surface area contributed by atoms with Crippen LogP contribution >= 0.6 is 23.1 Å². The molecule has 0 aliphatic heterocycles. The molecule has 1 unspecified atom stereocenters. The van der Waals surface area contributed by atoms with Crippen molar-refractivity contribution in [3.63, 3.8) is 0 Å². The molecule has 1 atom stereocenters. The molecule has 0 fully saturated rings. The Morgan fingerprint density at radius 2 is 1.94 bits per heavy atom. The largest absolute Gasteiger partial charge is 0.491 e. The van der Waals surface area contributed by atoms with Gasteiger partial charge in [-0.1, -0.05) is 25.2 Å². The summed E-state index contributed by atoms with van der Waals surface area (Å²) in [4.78, 5) is 28.7. The summed E-state index contributed by atoms with van der Waals surface area (Å²) in [7, 11) is -3.61. The van der Waals surface area contributed by atoms with Gasteiger partial charge in [0.05, 0.1) is 22.2 Å². The SMILES string of the molecule is CSc1sc(NC(=O)C(=O)Nc2ccc(F)cc2OCC(C)C)nc1C(N)S(C)(=O)=O. The number of sulfone groups is 1. The summed E-state index contributed by atoms with van der Waals surface area (Å²) >= 11 is 2.21.